The van der Waals surface area contributed by atoms with E-state index < -0.39 is 10.8 Å². The van der Waals surface area contributed by atoms with Crippen LogP contribution in [-0.4, -0.2) is 34.3 Å². The van der Waals surface area contributed by atoms with Crippen LogP contribution >= 0.6 is 0 Å². The summed E-state index contributed by atoms with van der Waals surface area (Å²) < 4.78 is 11.2. The minimum atomic E-state index is -0.772. The molecule has 4 N–H and O–H groups in total. The molecular weight excluding hydrogens is 236 g/mol. The lowest BCUT2D eigenvalue weighted by molar-refractivity contribution is 0.613. The molecule has 0 heterocycles. The summed E-state index contributed by atoms with van der Waals surface area (Å²) in [5.41, 5.74) is 2.59. The summed E-state index contributed by atoms with van der Waals surface area (Å²) >= 11 is 0. The topological polar surface area (TPSA) is 79.5 Å². The molecule has 0 bridgehead atoms. The molecule has 0 saturated heterocycles. The van der Waals surface area contributed by atoms with Crippen LogP contribution in [0.5, 0.6) is 0 Å². The highest BCUT2D eigenvalue weighted by Crippen LogP contribution is 2.17. The van der Waals surface area contributed by atoms with E-state index in [1.807, 2.05) is 6.92 Å². The molecule has 6 heteroatoms. The Kier molecular flexibility index (Phi) is 6.50. The Hall–Kier alpha value is -0.620. The first kappa shape index (κ1) is 14.4. The average molecular weight is 260 g/mol. The van der Waals surface area contributed by atoms with Crippen LogP contribution in [0.25, 0.3) is 0 Å². The monoisotopic (exact) mass is 260 g/mol. The predicted octanol–water partition coefficient (Wildman–Crippen LogP) is 0.495. The van der Waals surface area contributed by atoms with Crippen molar-refractivity contribution in [3.8, 4) is 0 Å². The highest BCUT2D eigenvalue weighted by atomic mass is 32.2. The molecule has 2 atom stereocenters. The third-order valence-electron chi connectivity index (χ3n) is 3.20. The lowest BCUT2D eigenvalue weighted by atomic mass is 10.2. The maximum atomic E-state index is 11.2. The Morgan fingerprint density at radius 3 is 2.71 bits per heavy atom. The zero-order valence-electron chi connectivity index (χ0n) is 10.7. The van der Waals surface area contributed by atoms with Crippen LogP contribution in [0.15, 0.2) is 4.99 Å². The zero-order chi connectivity index (χ0) is 12.7. The first-order valence-electron chi connectivity index (χ1n) is 6.23. The van der Waals surface area contributed by atoms with E-state index in [1.54, 1.807) is 6.26 Å². The Labute approximate surface area is 106 Å². The Balaban J connectivity index is 2.30. The summed E-state index contributed by atoms with van der Waals surface area (Å²) in [7, 11) is -0.772. The van der Waals surface area contributed by atoms with Gasteiger partial charge in [-0.3, -0.25) is 14.6 Å². The van der Waals surface area contributed by atoms with E-state index in [4.69, 9.17) is 5.84 Å². The van der Waals surface area contributed by atoms with Gasteiger partial charge in [0.2, 0.25) is 5.96 Å². The minimum absolute atomic E-state index is 0.184. The van der Waals surface area contributed by atoms with Gasteiger partial charge >= 0.3 is 0 Å². The van der Waals surface area contributed by atoms with E-state index in [0.717, 1.165) is 6.42 Å². The minimum Gasteiger partial charge on any atom is -0.353 e. The van der Waals surface area contributed by atoms with Crippen molar-refractivity contribution in [2.75, 3.05) is 12.8 Å². The van der Waals surface area contributed by atoms with Crippen molar-refractivity contribution in [3.63, 3.8) is 0 Å². The van der Waals surface area contributed by atoms with Gasteiger partial charge in [-0.25, -0.2) is 5.84 Å². The molecule has 0 spiro atoms. The third-order valence-corrected chi connectivity index (χ3v) is 4.57. The van der Waals surface area contributed by atoms with E-state index in [9.17, 15) is 4.21 Å². The molecule has 0 aromatic rings. The zero-order valence-corrected chi connectivity index (χ0v) is 11.6. The van der Waals surface area contributed by atoms with Crippen LogP contribution in [0.1, 0.15) is 39.0 Å². The molecule has 17 heavy (non-hydrogen) atoms. The molecule has 1 rings (SSSR count). The molecule has 2 unspecified atom stereocenters. The Bertz CT molecular complexity index is 277. The smallest absolute Gasteiger partial charge is 0.205 e. The van der Waals surface area contributed by atoms with E-state index in [0.29, 0.717) is 18.5 Å². The van der Waals surface area contributed by atoms with Crippen LogP contribution in [0.4, 0.5) is 0 Å². The lowest BCUT2D eigenvalue weighted by Gasteiger charge is -2.15. The fourth-order valence-corrected chi connectivity index (χ4v) is 2.36. The Morgan fingerprint density at radius 1 is 1.53 bits per heavy atom. The summed E-state index contributed by atoms with van der Waals surface area (Å²) in [6.45, 7) is 2.63. The summed E-state index contributed by atoms with van der Waals surface area (Å²) in [6, 6.07) is 0.502. The third kappa shape index (κ3) is 5.50. The van der Waals surface area contributed by atoms with Crippen LogP contribution < -0.4 is 16.6 Å². The average Bonchev–Trinajstić information content (AvgIpc) is 2.80. The molecule has 100 valence electrons. The van der Waals surface area contributed by atoms with Gasteiger partial charge in [0.1, 0.15) is 0 Å². The van der Waals surface area contributed by atoms with Gasteiger partial charge in [-0.2, -0.15) is 0 Å². The van der Waals surface area contributed by atoms with Crippen molar-refractivity contribution >= 4 is 16.8 Å². The SMILES string of the molecule is CC(CCN=C(NN)NC1CCCC1)S(C)=O. The maximum absolute atomic E-state index is 11.2. The van der Waals surface area contributed by atoms with E-state index in [-0.39, 0.29) is 5.25 Å². The van der Waals surface area contributed by atoms with Crippen LogP contribution in [0, 0.1) is 0 Å². The van der Waals surface area contributed by atoms with E-state index >= 15 is 0 Å². The molecule has 5 nitrogen and oxygen atoms in total. The van der Waals surface area contributed by atoms with Crippen molar-refractivity contribution < 1.29 is 4.21 Å². The second-order valence-electron chi connectivity index (χ2n) is 4.60. The fourth-order valence-electron chi connectivity index (χ4n) is 1.92. The van der Waals surface area contributed by atoms with Crippen molar-refractivity contribution in [1.29, 1.82) is 0 Å². The van der Waals surface area contributed by atoms with Gasteiger partial charge in [-0.05, 0) is 19.3 Å². The number of hydrogen-bond acceptors (Lipinski definition) is 3. The number of nitrogens with zero attached hydrogens (tertiary/aromatic N) is 1. The number of nitrogens with one attached hydrogen (secondary N) is 2. The molecular formula is C11H24N4OS. The van der Waals surface area contributed by atoms with Gasteiger partial charge in [0, 0.05) is 34.9 Å². The molecule has 1 fully saturated rings. The van der Waals surface area contributed by atoms with Crippen molar-refractivity contribution in [2.45, 2.75) is 50.3 Å². The van der Waals surface area contributed by atoms with Gasteiger partial charge in [-0.1, -0.05) is 19.8 Å². The fraction of sp³-hybridized carbons (Fsp3) is 0.909. The molecule has 0 aliphatic heterocycles. The first-order valence-corrected chi connectivity index (χ1v) is 7.85. The summed E-state index contributed by atoms with van der Waals surface area (Å²) in [6.07, 6.45) is 7.49. The number of rotatable bonds is 5. The molecule has 0 radical (unpaired) electrons. The first-order chi connectivity index (χ1) is 8.13. The molecule has 1 saturated carbocycles. The summed E-state index contributed by atoms with van der Waals surface area (Å²) in [4.78, 5) is 4.36. The molecule has 1 aliphatic carbocycles. The maximum Gasteiger partial charge on any atom is 0.205 e. The van der Waals surface area contributed by atoms with Gasteiger partial charge in [0.15, 0.2) is 0 Å². The number of guanidine groups is 1. The van der Waals surface area contributed by atoms with Crippen molar-refractivity contribution in [3.05, 3.63) is 0 Å². The van der Waals surface area contributed by atoms with Gasteiger partial charge in [0.25, 0.3) is 0 Å². The van der Waals surface area contributed by atoms with Gasteiger partial charge in [0.05, 0.1) is 0 Å². The second-order valence-corrected chi connectivity index (χ2v) is 6.40. The van der Waals surface area contributed by atoms with Gasteiger partial charge < -0.3 is 5.32 Å². The van der Waals surface area contributed by atoms with E-state index in [1.165, 1.54) is 25.7 Å². The van der Waals surface area contributed by atoms with Crippen LogP contribution in [-0.2, 0) is 10.8 Å². The number of nitrogens with two attached hydrogens (primary N) is 1. The van der Waals surface area contributed by atoms with Crippen LogP contribution in [0.2, 0.25) is 0 Å². The largest absolute Gasteiger partial charge is 0.353 e. The highest BCUT2D eigenvalue weighted by Gasteiger charge is 2.15. The quantitative estimate of drug-likeness (QED) is 0.291. The van der Waals surface area contributed by atoms with Crippen molar-refractivity contribution in [1.82, 2.24) is 10.7 Å². The standard InChI is InChI=1S/C11H24N4OS/c1-9(17(2)16)7-8-13-11(15-12)14-10-5-3-4-6-10/h9-10H,3-8,12H2,1-2H3,(H2,13,14,15). The van der Waals surface area contributed by atoms with E-state index in [2.05, 4.69) is 15.7 Å². The van der Waals surface area contributed by atoms with Gasteiger partial charge in [-0.15, -0.1) is 0 Å². The highest BCUT2D eigenvalue weighted by molar-refractivity contribution is 7.84. The molecule has 0 aromatic carbocycles. The molecule has 1 aliphatic rings. The second kappa shape index (κ2) is 7.66. The van der Waals surface area contributed by atoms with Crippen molar-refractivity contribution in [2.24, 2.45) is 10.8 Å². The molecule has 0 aromatic heterocycles. The number of aliphatic imine (C=N–C) groups is 1. The summed E-state index contributed by atoms with van der Waals surface area (Å²) in [5, 5.41) is 3.49. The number of hydrogen-bond donors (Lipinski definition) is 3. The van der Waals surface area contributed by atoms with Crippen LogP contribution in [0.3, 0.4) is 0 Å². The predicted molar refractivity (Wildman–Crippen MR) is 73.2 cm³/mol. The summed E-state index contributed by atoms with van der Waals surface area (Å²) in [5.74, 6) is 6.08. The normalized spacial score (nSPS) is 21.2. The Morgan fingerprint density at radius 2 is 2.18 bits per heavy atom. The lowest BCUT2D eigenvalue weighted by Crippen LogP contribution is -2.45. The molecule has 0 amide bonds. The number of hydrazine groups is 1.